The molecule has 1 aromatic carbocycles. The minimum atomic E-state index is -0.109. The van der Waals surface area contributed by atoms with Gasteiger partial charge >= 0.3 is 0 Å². The Hall–Kier alpha value is -1.71. The number of ether oxygens (including phenoxy) is 1. The molecular formula is C15H22N2O2. The fraction of sp³-hybridized carbons (Fsp3) is 0.533. The van der Waals surface area contributed by atoms with Gasteiger partial charge in [-0.1, -0.05) is 13.8 Å². The van der Waals surface area contributed by atoms with Crippen molar-refractivity contribution in [2.24, 2.45) is 11.8 Å². The Morgan fingerprint density at radius 2 is 2.11 bits per heavy atom. The first-order valence-electron chi connectivity index (χ1n) is 6.77. The molecule has 0 heterocycles. The normalized spacial score (nSPS) is 26.2. The quantitative estimate of drug-likeness (QED) is 0.822. The van der Waals surface area contributed by atoms with Crippen molar-refractivity contribution in [2.75, 3.05) is 12.8 Å². The van der Waals surface area contributed by atoms with Crippen molar-refractivity contribution >= 4 is 11.6 Å². The molecule has 1 aliphatic rings. The van der Waals surface area contributed by atoms with Gasteiger partial charge in [-0.25, -0.2) is 0 Å². The summed E-state index contributed by atoms with van der Waals surface area (Å²) < 4.78 is 5.13. The lowest BCUT2D eigenvalue weighted by atomic mass is 9.97. The van der Waals surface area contributed by atoms with Gasteiger partial charge in [0.25, 0.3) is 5.91 Å². The van der Waals surface area contributed by atoms with E-state index in [-0.39, 0.29) is 11.9 Å². The summed E-state index contributed by atoms with van der Waals surface area (Å²) in [6.45, 7) is 4.42. The van der Waals surface area contributed by atoms with Gasteiger partial charge in [-0.15, -0.1) is 0 Å². The number of rotatable bonds is 3. The second-order valence-corrected chi connectivity index (χ2v) is 5.45. The molecule has 0 bridgehead atoms. The number of nitrogen functional groups attached to an aromatic ring is 1. The highest BCUT2D eigenvalue weighted by atomic mass is 16.5. The minimum absolute atomic E-state index is 0.109. The first-order valence-corrected chi connectivity index (χ1v) is 6.77. The monoisotopic (exact) mass is 262 g/mol. The van der Waals surface area contributed by atoms with Gasteiger partial charge in [0.15, 0.2) is 0 Å². The first-order chi connectivity index (χ1) is 9.02. The number of benzene rings is 1. The number of carbonyl (C=O) groups excluding carboxylic acids is 1. The fourth-order valence-corrected chi connectivity index (χ4v) is 2.67. The van der Waals surface area contributed by atoms with Crippen LogP contribution >= 0.6 is 0 Å². The summed E-state index contributed by atoms with van der Waals surface area (Å²) in [6.07, 6.45) is 2.21. The van der Waals surface area contributed by atoms with E-state index in [2.05, 4.69) is 19.2 Å². The lowest BCUT2D eigenvalue weighted by Gasteiger charge is -2.20. The maximum Gasteiger partial charge on any atom is 0.253 e. The lowest BCUT2D eigenvalue weighted by Crippen LogP contribution is -2.37. The van der Waals surface area contributed by atoms with Crippen LogP contribution < -0.4 is 15.8 Å². The van der Waals surface area contributed by atoms with Crippen LogP contribution in [0.2, 0.25) is 0 Å². The third-order valence-electron chi connectivity index (χ3n) is 4.29. The van der Waals surface area contributed by atoms with E-state index >= 15 is 0 Å². The summed E-state index contributed by atoms with van der Waals surface area (Å²) in [6, 6.07) is 5.39. The summed E-state index contributed by atoms with van der Waals surface area (Å²) >= 11 is 0. The summed E-state index contributed by atoms with van der Waals surface area (Å²) in [7, 11) is 1.58. The maximum absolute atomic E-state index is 12.3. The largest absolute Gasteiger partial charge is 0.497 e. The summed E-state index contributed by atoms with van der Waals surface area (Å²) in [4.78, 5) is 12.3. The molecule has 0 aromatic heterocycles. The van der Waals surface area contributed by atoms with Gasteiger partial charge in [-0.05, 0) is 42.9 Å². The van der Waals surface area contributed by atoms with E-state index in [0.29, 0.717) is 28.8 Å². The van der Waals surface area contributed by atoms with E-state index in [1.54, 1.807) is 25.3 Å². The molecule has 4 nitrogen and oxygen atoms in total. The van der Waals surface area contributed by atoms with E-state index < -0.39 is 0 Å². The van der Waals surface area contributed by atoms with Gasteiger partial charge in [0.1, 0.15) is 5.75 Å². The molecule has 0 radical (unpaired) electrons. The fourth-order valence-electron chi connectivity index (χ4n) is 2.67. The number of methoxy groups -OCH3 is 1. The molecule has 1 saturated carbocycles. The molecular weight excluding hydrogens is 240 g/mol. The second kappa shape index (κ2) is 5.51. The highest BCUT2D eigenvalue weighted by Gasteiger charge is 2.31. The van der Waals surface area contributed by atoms with Crippen molar-refractivity contribution in [3.05, 3.63) is 23.8 Å². The van der Waals surface area contributed by atoms with Gasteiger partial charge < -0.3 is 15.8 Å². The molecule has 0 saturated heterocycles. The summed E-state index contributed by atoms with van der Waals surface area (Å²) in [5.41, 5.74) is 6.84. The SMILES string of the molecule is COc1ccc(N)c(C(=O)NC2CCC(C)C2C)c1. The molecule has 3 N–H and O–H groups in total. The van der Waals surface area contributed by atoms with Crippen molar-refractivity contribution in [1.29, 1.82) is 0 Å². The average molecular weight is 262 g/mol. The van der Waals surface area contributed by atoms with Crippen molar-refractivity contribution in [2.45, 2.75) is 32.7 Å². The number of carbonyl (C=O) groups is 1. The molecule has 1 aliphatic carbocycles. The number of anilines is 1. The van der Waals surface area contributed by atoms with Crippen LogP contribution in [0.3, 0.4) is 0 Å². The van der Waals surface area contributed by atoms with Crippen molar-refractivity contribution in [1.82, 2.24) is 5.32 Å². The molecule has 1 amide bonds. The number of hydrogen-bond donors (Lipinski definition) is 2. The summed E-state index contributed by atoms with van der Waals surface area (Å²) in [5.74, 6) is 1.71. The van der Waals surface area contributed by atoms with Gasteiger partial charge in [0, 0.05) is 11.7 Å². The number of nitrogens with one attached hydrogen (secondary N) is 1. The van der Waals surface area contributed by atoms with Crippen LogP contribution in [-0.4, -0.2) is 19.1 Å². The number of hydrogen-bond acceptors (Lipinski definition) is 3. The Kier molecular flexibility index (Phi) is 3.98. The van der Waals surface area contributed by atoms with Crippen LogP contribution in [0.5, 0.6) is 5.75 Å². The third kappa shape index (κ3) is 2.83. The zero-order valence-electron chi connectivity index (χ0n) is 11.8. The van der Waals surface area contributed by atoms with E-state index in [0.717, 1.165) is 6.42 Å². The molecule has 104 valence electrons. The van der Waals surface area contributed by atoms with E-state index in [1.807, 2.05) is 0 Å². The predicted octanol–water partition coefficient (Wildman–Crippen LogP) is 2.44. The van der Waals surface area contributed by atoms with E-state index in [4.69, 9.17) is 10.5 Å². The minimum Gasteiger partial charge on any atom is -0.497 e. The Bertz CT molecular complexity index is 473. The smallest absolute Gasteiger partial charge is 0.253 e. The number of nitrogens with two attached hydrogens (primary N) is 1. The lowest BCUT2D eigenvalue weighted by molar-refractivity contribution is 0.0928. The Balaban J connectivity index is 2.12. The highest BCUT2D eigenvalue weighted by molar-refractivity contribution is 5.99. The van der Waals surface area contributed by atoms with Gasteiger partial charge in [-0.2, -0.15) is 0 Å². The zero-order chi connectivity index (χ0) is 14.0. The predicted molar refractivity (Wildman–Crippen MR) is 76.2 cm³/mol. The molecule has 1 aromatic rings. The zero-order valence-corrected chi connectivity index (χ0v) is 11.8. The van der Waals surface area contributed by atoms with Crippen LogP contribution in [0, 0.1) is 11.8 Å². The van der Waals surface area contributed by atoms with Crippen molar-refractivity contribution < 1.29 is 9.53 Å². The van der Waals surface area contributed by atoms with Crippen LogP contribution in [0.4, 0.5) is 5.69 Å². The van der Waals surface area contributed by atoms with Crippen molar-refractivity contribution in [3.63, 3.8) is 0 Å². The van der Waals surface area contributed by atoms with Crippen LogP contribution in [-0.2, 0) is 0 Å². The van der Waals surface area contributed by atoms with Crippen LogP contribution in [0.25, 0.3) is 0 Å². The molecule has 1 fully saturated rings. The molecule has 2 rings (SSSR count). The standard InChI is InChI=1S/C15H22N2O2/c1-9-4-7-14(10(9)2)17-15(18)12-8-11(19-3)5-6-13(12)16/h5-6,8-10,14H,4,7,16H2,1-3H3,(H,17,18). The molecule has 3 unspecified atom stereocenters. The molecule has 0 aliphatic heterocycles. The molecule has 3 atom stereocenters. The molecule has 19 heavy (non-hydrogen) atoms. The summed E-state index contributed by atoms with van der Waals surface area (Å²) in [5, 5.41) is 3.09. The van der Waals surface area contributed by atoms with E-state index in [1.165, 1.54) is 6.42 Å². The van der Waals surface area contributed by atoms with Gasteiger partial charge in [-0.3, -0.25) is 4.79 Å². The average Bonchev–Trinajstić information content (AvgIpc) is 2.71. The maximum atomic E-state index is 12.3. The highest BCUT2D eigenvalue weighted by Crippen LogP contribution is 2.31. The van der Waals surface area contributed by atoms with Gasteiger partial charge in [0.05, 0.1) is 12.7 Å². The van der Waals surface area contributed by atoms with Crippen LogP contribution in [0.1, 0.15) is 37.0 Å². The third-order valence-corrected chi connectivity index (χ3v) is 4.29. The molecule has 0 spiro atoms. The Morgan fingerprint density at radius 1 is 1.37 bits per heavy atom. The Morgan fingerprint density at radius 3 is 2.68 bits per heavy atom. The van der Waals surface area contributed by atoms with Crippen molar-refractivity contribution in [3.8, 4) is 5.75 Å². The Labute approximate surface area is 114 Å². The second-order valence-electron chi connectivity index (χ2n) is 5.45. The van der Waals surface area contributed by atoms with Gasteiger partial charge in [0.2, 0.25) is 0 Å². The first kappa shape index (κ1) is 13.7. The van der Waals surface area contributed by atoms with Crippen LogP contribution in [0.15, 0.2) is 18.2 Å². The topological polar surface area (TPSA) is 64.3 Å². The van der Waals surface area contributed by atoms with E-state index in [9.17, 15) is 4.79 Å². The number of amides is 1. The molecule has 4 heteroatoms.